The molecule has 0 saturated heterocycles. The Morgan fingerprint density at radius 1 is 1.19 bits per heavy atom. The Morgan fingerprint density at radius 2 is 1.90 bits per heavy atom. The van der Waals surface area contributed by atoms with Gasteiger partial charge in [0.1, 0.15) is 5.82 Å². The number of carboxylic acids is 1. The number of rotatable bonds is 5. The minimum Gasteiger partial charge on any atom is -0.481 e. The molecule has 2 nitrogen and oxygen atoms in total. The lowest BCUT2D eigenvalue weighted by atomic mass is 9.72. The highest BCUT2D eigenvalue weighted by Crippen LogP contribution is 2.39. The number of carbonyl (C=O) groups is 1. The van der Waals surface area contributed by atoms with Gasteiger partial charge in [0, 0.05) is 0 Å². The minimum absolute atomic E-state index is 0.251. The van der Waals surface area contributed by atoms with E-state index >= 15 is 0 Å². The van der Waals surface area contributed by atoms with E-state index in [1.807, 2.05) is 12.1 Å². The maximum absolute atomic E-state index is 13.7. The van der Waals surface area contributed by atoms with Crippen molar-refractivity contribution in [3.63, 3.8) is 0 Å². The van der Waals surface area contributed by atoms with Crippen LogP contribution in [0.3, 0.4) is 0 Å². The van der Waals surface area contributed by atoms with Crippen LogP contribution < -0.4 is 0 Å². The monoisotopic (exact) mass is 284 g/mol. The summed E-state index contributed by atoms with van der Waals surface area (Å²) >= 11 is 0. The fourth-order valence-electron chi connectivity index (χ4n) is 3.12. The Hall–Kier alpha value is -2.16. The number of aliphatic carboxylic acids is 1. The number of hydrogen-bond acceptors (Lipinski definition) is 1. The van der Waals surface area contributed by atoms with Crippen LogP contribution in [0.15, 0.2) is 48.5 Å². The zero-order chi connectivity index (χ0) is 14.8. The summed E-state index contributed by atoms with van der Waals surface area (Å²) in [6, 6.07) is 14.5. The molecule has 0 heterocycles. The van der Waals surface area contributed by atoms with Crippen molar-refractivity contribution in [2.75, 3.05) is 0 Å². The lowest BCUT2D eigenvalue weighted by Crippen LogP contribution is -2.25. The lowest BCUT2D eigenvalue weighted by Gasteiger charge is -2.32. The third-order valence-electron chi connectivity index (χ3n) is 4.30. The van der Waals surface area contributed by atoms with Crippen molar-refractivity contribution in [3.8, 4) is 0 Å². The first-order valence-corrected chi connectivity index (χ1v) is 7.19. The molecule has 0 radical (unpaired) electrons. The summed E-state index contributed by atoms with van der Waals surface area (Å²) in [6.07, 6.45) is 1.75. The van der Waals surface area contributed by atoms with Gasteiger partial charge in [-0.25, -0.2) is 4.39 Å². The van der Waals surface area contributed by atoms with Crippen LogP contribution in [0.25, 0.3) is 0 Å². The fraction of sp³-hybridized carbons (Fsp3) is 0.278. The van der Waals surface area contributed by atoms with E-state index in [-0.39, 0.29) is 18.2 Å². The highest BCUT2D eigenvalue weighted by atomic mass is 19.1. The number of halogens is 1. The van der Waals surface area contributed by atoms with Crippen molar-refractivity contribution >= 4 is 5.97 Å². The molecule has 108 valence electrons. The smallest absolute Gasteiger partial charge is 0.306 e. The first kappa shape index (κ1) is 13.8. The molecule has 21 heavy (non-hydrogen) atoms. The van der Waals surface area contributed by atoms with E-state index in [1.54, 1.807) is 18.2 Å². The van der Waals surface area contributed by atoms with Crippen molar-refractivity contribution in [3.05, 3.63) is 71.0 Å². The molecular weight excluding hydrogens is 267 g/mol. The van der Waals surface area contributed by atoms with Crippen LogP contribution in [-0.4, -0.2) is 11.1 Å². The maximum Gasteiger partial charge on any atom is 0.306 e. The normalized spacial score (nSPS) is 17.7. The van der Waals surface area contributed by atoms with Gasteiger partial charge >= 0.3 is 5.97 Å². The summed E-state index contributed by atoms with van der Waals surface area (Å²) in [6.45, 7) is 0. The van der Waals surface area contributed by atoms with Gasteiger partial charge in [-0.2, -0.15) is 0 Å². The molecule has 3 heteroatoms. The largest absolute Gasteiger partial charge is 0.481 e. The summed E-state index contributed by atoms with van der Waals surface area (Å²) < 4.78 is 13.7. The molecule has 0 fully saturated rings. The third kappa shape index (κ3) is 2.82. The molecule has 1 aliphatic rings. The van der Waals surface area contributed by atoms with Gasteiger partial charge in [0.05, 0.1) is 5.92 Å². The average molecular weight is 284 g/mol. The average Bonchev–Trinajstić information content (AvgIpc) is 2.45. The second kappa shape index (κ2) is 5.68. The molecule has 0 bridgehead atoms. The Kier molecular flexibility index (Phi) is 3.74. The van der Waals surface area contributed by atoms with E-state index in [2.05, 4.69) is 12.1 Å². The highest BCUT2D eigenvalue weighted by Gasteiger charge is 2.31. The molecule has 0 amide bonds. The van der Waals surface area contributed by atoms with Crippen molar-refractivity contribution < 1.29 is 14.3 Å². The van der Waals surface area contributed by atoms with Gasteiger partial charge in [-0.3, -0.25) is 4.79 Å². The van der Waals surface area contributed by atoms with E-state index in [9.17, 15) is 14.3 Å². The predicted octanol–water partition coefficient (Wildman–Crippen LogP) is 3.80. The second-order valence-corrected chi connectivity index (χ2v) is 5.67. The molecule has 0 saturated carbocycles. The first-order valence-electron chi connectivity index (χ1n) is 7.19. The molecular formula is C18H17FO2. The minimum atomic E-state index is -0.845. The molecule has 2 unspecified atom stereocenters. The molecule has 2 atom stereocenters. The molecule has 2 aromatic rings. The number of fused-ring (bicyclic) bond motifs is 1. The summed E-state index contributed by atoms with van der Waals surface area (Å²) in [5.74, 6) is -1.42. The topological polar surface area (TPSA) is 37.3 Å². The van der Waals surface area contributed by atoms with Gasteiger partial charge < -0.3 is 5.11 Å². The van der Waals surface area contributed by atoms with E-state index in [1.165, 1.54) is 17.2 Å². The van der Waals surface area contributed by atoms with Crippen LogP contribution >= 0.6 is 0 Å². The van der Waals surface area contributed by atoms with Gasteiger partial charge in [-0.15, -0.1) is 0 Å². The van der Waals surface area contributed by atoms with Crippen molar-refractivity contribution in [2.24, 2.45) is 5.92 Å². The molecule has 0 aromatic heterocycles. The molecule has 0 spiro atoms. The van der Waals surface area contributed by atoms with Gasteiger partial charge in [0.15, 0.2) is 0 Å². The van der Waals surface area contributed by atoms with E-state index in [0.717, 1.165) is 6.42 Å². The SMILES string of the molecule is O=C(O)C(Cc1ccccc1F)CC1Cc2ccccc21. The summed E-state index contributed by atoms with van der Waals surface area (Å²) in [7, 11) is 0. The zero-order valence-electron chi connectivity index (χ0n) is 11.6. The molecule has 0 aliphatic heterocycles. The lowest BCUT2D eigenvalue weighted by molar-refractivity contribution is -0.142. The van der Waals surface area contributed by atoms with Crippen LogP contribution in [0.4, 0.5) is 4.39 Å². The van der Waals surface area contributed by atoms with Crippen molar-refractivity contribution in [1.29, 1.82) is 0 Å². The number of hydrogen-bond donors (Lipinski definition) is 1. The Morgan fingerprint density at radius 3 is 2.62 bits per heavy atom. The molecule has 1 aliphatic carbocycles. The standard InChI is InChI=1S/C18H17FO2/c19-17-8-4-2-6-13(17)10-15(18(20)21)11-14-9-12-5-1-3-7-16(12)14/h1-8,14-15H,9-11H2,(H,20,21). The van der Waals surface area contributed by atoms with Crippen LogP contribution in [0.5, 0.6) is 0 Å². The quantitative estimate of drug-likeness (QED) is 0.906. The van der Waals surface area contributed by atoms with Crippen LogP contribution in [0.2, 0.25) is 0 Å². The Balaban J connectivity index is 1.72. The van der Waals surface area contributed by atoms with Crippen LogP contribution in [0, 0.1) is 11.7 Å². The van der Waals surface area contributed by atoms with Gasteiger partial charge in [-0.1, -0.05) is 42.5 Å². The molecule has 1 N–H and O–H groups in total. The van der Waals surface area contributed by atoms with E-state index < -0.39 is 11.9 Å². The van der Waals surface area contributed by atoms with Gasteiger partial charge in [0.25, 0.3) is 0 Å². The van der Waals surface area contributed by atoms with Crippen molar-refractivity contribution in [2.45, 2.75) is 25.2 Å². The summed E-state index contributed by atoms with van der Waals surface area (Å²) in [4.78, 5) is 11.5. The predicted molar refractivity (Wildman–Crippen MR) is 78.7 cm³/mol. The number of benzene rings is 2. The van der Waals surface area contributed by atoms with Crippen LogP contribution in [0.1, 0.15) is 29.0 Å². The zero-order valence-corrected chi connectivity index (χ0v) is 11.6. The summed E-state index contributed by atoms with van der Waals surface area (Å²) in [5, 5.41) is 9.42. The Bertz CT molecular complexity index is 666. The summed E-state index contributed by atoms with van der Waals surface area (Å²) in [5.41, 5.74) is 3.03. The van der Waals surface area contributed by atoms with Crippen molar-refractivity contribution in [1.82, 2.24) is 0 Å². The van der Waals surface area contributed by atoms with Gasteiger partial charge in [-0.05, 0) is 47.9 Å². The maximum atomic E-state index is 13.7. The van der Waals surface area contributed by atoms with E-state index in [0.29, 0.717) is 12.0 Å². The number of carboxylic acid groups (broad SMARTS) is 1. The molecule has 3 rings (SSSR count). The third-order valence-corrected chi connectivity index (χ3v) is 4.30. The van der Waals surface area contributed by atoms with E-state index in [4.69, 9.17) is 0 Å². The highest BCUT2D eigenvalue weighted by molar-refractivity contribution is 5.70. The fourth-order valence-corrected chi connectivity index (χ4v) is 3.12. The first-order chi connectivity index (χ1) is 10.1. The van der Waals surface area contributed by atoms with Crippen LogP contribution in [-0.2, 0) is 17.6 Å². The Labute approximate surface area is 123 Å². The van der Waals surface area contributed by atoms with Gasteiger partial charge in [0.2, 0.25) is 0 Å². The molecule has 2 aromatic carbocycles. The second-order valence-electron chi connectivity index (χ2n) is 5.67.